The summed E-state index contributed by atoms with van der Waals surface area (Å²) in [5, 5.41) is 12.7. The van der Waals surface area contributed by atoms with E-state index < -0.39 is 23.0 Å². The number of nitro benzene ring substituents is 1. The van der Waals surface area contributed by atoms with Crippen LogP contribution in [0.2, 0.25) is 0 Å². The lowest BCUT2D eigenvalue weighted by Crippen LogP contribution is -2.36. The van der Waals surface area contributed by atoms with E-state index in [2.05, 4.69) is 0 Å². The SMILES string of the molecule is O=C1[C@H]2[C@@H](c3ccc(-c4ccc([N+](=O)[O-])cc4)s3)N(c3ccccc3)O[C@H]2C(=O)N1Cc1ccccc1. The summed E-state index contributed by atoms with van der Waals surface area (Å²) in [7, 11) is 0. The fraction of sp³-hybridized carbons (Fsp3) is 0.143. The van der Waals surface area contributed by atoms with Crippen molar-refractivity contribution in [3.63, 3.8) is 0 Å². The highest BCUT2D eigenvalue weighted by molar-refractivity contribution is 7.15. The molecule has 0 saturated carbocycles. The van der Waals surface area contributed by atoms with Gasteiger partial charge in [-0.05, 0) is 47.5 Å². The van der Waals surface area contributed by atoms with Crippen LogP contribution in [0.25, 0.3) is 10.4 Å². The second-order valence-corrected chi connectivity index (χ2v) is 10.0. The number of hydrogen-bond acceptors (Lipinski definition) is 7. The van der Waals surface area contributed by atoms with Crippen LogP contribution >= 0.6 is 11.3 Å². The van der Waals surface area contributed by atoms with Crippen molar-refractivity contribution in [2.45, 2.75) is 18.7 Å². The molecule has 2 amide bonds. The van der Waals surface area contributed by atoms with Gasteiger partial charge in [0.25, 0.3) is 11.6 Å². The molecule has 3 atom stereocenters. The number of para-hydroxylation sites is 1. The minimum absolute atomic E-state index is 0.0244. The van der Waals surface area contributed by atoms with Gasteiger partial charge in [-0.15, -0.1) is 11.3 Å². The molecule has 0 unspecified atom stereocenters. The highest BCUT2D eigenvalue weighted by atomic mass is 32.1. The number of non-ortho nitro benzene ring substituents is 1. The maximum atomic E-state index is 13.7. The number of carbonyl (C=O) groups excluding carboxylic acids is 2. The maximum Gasteiger partial charge on any atom is 0.269 e. The predicted octanol–water partition coefficient (Wildman–Crippen LogP) is 5.37. The first-order chi connectivity index (χ1) is 18.0. The van der Waals surface area contributed by atoms with Crippen LogP contribution in [0.5, 0.6) is 0 Å². The van der Waals surface area contributed by atoms with E-state index in [0.29, 0.717) is 0 Å². The Morgan fingerprint density at radius 3 is 2.19 bits per heavy atom. The molecule has 8 nitrogen and oxygen atoms in total. The van der Waals surface area contributed by atoms with E-state index in [0.717, 1.165) is 26.6 Å². The molecule has 3 aromatic carbocycles. The molecule has 0 aliphatic carbocycles. The molecule has 2 aliphatic heterocycles. The zero-order valence-electron chi connectivity index (χ0n) is 19.5. The number of thiophene rings is 1. The molecule has 0 N–H and O–H groups in total. The lowest BCUT2D eigenvalue weighted by molar-refractivity contribution is -0.384. The molecule has 6 rings (SSSR count). The molecule has 4 aromatic rings. The Morgan fingerprint density at radius 2 is 1.51 bits per heavy atom. The number of hydrogen-bond donors (Lipinski definition) is 0. The van der Waals surface area contributed by atoms with Gasteiger partial charge in [0.1, 0.15) is 12.0 Å². The highest BCUT2D eigenvalue weighted by Crippen LogP contribution is 2.49. The molecule has 9 heteroatoms. The number of fused-ring (bicyclic) bond motifs is 1. The van der Waals surface area contributed by atoms with Gasteiger partial charge in [0.2, 0.25) is 5.91 Å². The topological polar surface area (TPSA) is 93.0 Å². The van der Waals surface area contributed by atoms with E-state index in [1.807, 2.05) is 72.8 Å². The van der Waals surface area contributed by atoms with Gasteiger partial charge >= 0.3 is 0 Å². The molecule has 2 aliphatic rings. The lowest BCUT2D eigenvalue weighted by atomic mass is 9.95. The van der Waals surface area contributed by atoms with Gasteiger partial charge in [-0.1, -0.05) is 48.5 Å². The summed E-state index contributed by atoms with van der Waals surface area (Å²) in [5.74, 6) is -1.29. The molecule has 0 bridgehead atoms. The Labute approximate surface area is 216 Å². The first-order valence-corrected chi connectivity index (χ1v) is 12.6. The summed E-state index contributed by atoms with van der Waals surface area (Å²) in [4.78, 5) is 46.9. The molecule has 1 aromatic heterocycles. The number of nitrogens with zero attached hydrogens (tertiary/aromatic N) is 3. The molecule has 0 spiro atoms. The standard InChI is InChI=1S/C28H21N3O5S/c32-27-24-25(23-16-15-22(37-23)19-11-13-21(14-12-19)31(34)35)30(20-9-5-2-6-10-20)36-26(24)28(33)29(27)17-18-7-3-1-4-8-18/h1-16,24-26H,17H2/t24-,25+,26+/m0/s1. The minimum Gasteiger partial charge on any atom is -0.275 e. The highest BCUT2D eigenvalue weighted by Gasteiger charge is 2.60. The summed E-state index contributed by atoms with van der Waals surface area (Å²) in [6, 6.07) is 28.6. The Kier molecular flexibility index (Phi) is 5.78. The number of carbonyl (C=O) groups is 2. The normalized spacial score (nSPS) is 20.9. The number of amides is 2. The van der Waals surface area contributed by atoms with Crippen molar-refractivity contribution in [1.82, 2.24) is 4.90 Å². The van der Waals surface area contributed by atoms with Crippen LogP contribution in [0.3, 0.4) is 0 Å². The van der Waals surface area contributed by atoms with E-state index in [4.69, 9.17) is 4.84 Å². The third kappa shape index (κ3) is 4.08. The summed E-state index contributed by atoms with van der Waals surface area (Å²) in [5.41, 5.74) is 2.49. The van der Waals surface area contributed by atoms with Crippen LogP contribution in [0.15, 0.2) is 97.1 Å². The van der Waals surface area contributed by atoms with Gasteiger partial charge in [-0.2, -0.15) is 0 Å². The van der Waals surface area contributed by atoms with Crippen molar-refractivity contribution in [3.05, 3.63) is 118 Å². The molecule has 184 valence electrons. The van der Waals surface area contributed by atoms with Crippen molar-refractivity contribution >= 4 is 34.5 Å². The van der Waals surface area contributed by atoms with Gasteiger partial charge in [0.15, 0.2) is 6.10 Å². The minimum atomic E-state index is -0.911. The number of benzene rings is 3. The van der Waals surface area contributed by atoms with E-state index in [1.54, 1.807) is 17.2 Å². The van der Waals surface area contributed by atoms with Crippen LogP contribution < -0.4 is 5.06 Å². The first-order valence-electron chi connectivity index (χ1n) is 11.8. The van der Waals surface area contributed by atoms with E-state index in [1.165, 1.54) is 28.4 Å². The van der Waals surface area contributed by atoms with Gasteiger partial charge in [-0.3, -0.25) is 29.4 Å². The second kappa shape index (κ2) is 9.27. The third-order valence-corrected chi connectivity index (χ3v) is 7.89. The monoisotopic (exact) mass is 511 g/mol. The van der Waals surface area contributed by atoms with Crippen LogP contribution in [0, 0.1) is 16.0 Å². The van der Waals surface area contributed by atoms with Crippen LogP contribution in [0.4, 0.5) is 11.4 Å². The predicted molar refractivity (Wildman–Crippen MR) is 138 cm³/mol. The van der Waals surface area contributed by atoms with E-state index >= 15 is 0 Å². The smallest absolute Gasteiger partial charge is 0.269 e. The number of likely N-dealkylation sites (tertiary alicyclic amines) is 1. The summed E-state index contributed by atoms with van der Waals surface area (Å²) < 4.78 is 0. The second-order valence-electron chi connectivity index (χ2n) is 8.91. The Morgan fingerprint density at radius 1 is 0.838 bits per heavy atom. The fourth-order valence-electron chi connectivity index (χ4n) is 4.90. The molecule has 2 saturated heterocycles. The largest absolute Gasteiger partial charge is 0.275 e. The van der Waals surface area contributed by atoms with Crippen LogP contribution in [-0.2, 0) is 21.0 Å². The van der Waals surface area contributed by atoms with Gasteiger partial charge in [0.05, 0.1) is 17.2 Å². The van der Waals surface area contributed by atoms with Gasteiger partial charge < -0.3 is 0 Å². The van der Waals surface area contributed by atoms with Crippen molar-refractivity contribution in [1.29, 1.82) is 0 Å². The van der Waals surface area contributed by atoms with Crippen molar-refractivity contribution in [2.24, 2.45) is 5.92 Å². The number of imide groups is 1. The third-order valence-electron chi connectivity index (χ3n) is 6.68. The first kappa shape index (κ1) is 23.1. The van der Waals surface area contributed by atoms with Crippen LogP contribution in [0.1, 0.15) is 16.5 Å². The molecule has 0 radical (unpaired) electrons. The number of hydroxylamine groups is 1. The molecular formula is C28H21N3O5S. The average molecular weight is 512 g/mol. The molecule has 2 fully saturated rings. The quantitative estimate of drug-likeness (QED) is 0.196. The summed E-state index contributed by atoms with van der Waals surface area (Å²) in [6.07, 6.45) is -0.911. The Bertz CT molecular complexity index is 1470. The lowest BCUT2D eigenvalue weighted by Gasteiger charge is -2.27. The zero-order valence-corrected chi connectivity index (χ0v) is 20.3. The van der Waals surface area contributed by atoms with Crippen molar-refractivity contribution in [3.8, 4) is 10.4 Å². The maximum absolute atomic E-state index is 13.7. The zero-order chi connectivity index (χ0) is 25.5. The molecular weight excluding hydrogens is 490 g/mol. The number of anilines is 1. The van der Waals surface area contributed by atoms with Gasteiger partial charge in [-0.25, -0.2) is 5.06 Å². The van der Waals surface area contributed by atoms with E-state index in [9.17, 15) is 19.7 Å². The van der Waals surface area contributed by atoms with E-state index in [-0.39, 0.29) is 24.0 Å². The molecule has 3 heterocycles. The average Bonchev–Trinajstić information content (AvgIpc) is 3.62. The Hall–Kier alpha value is -4.34. The number of nitro groups is 1. The summed E-state index contributed by atoms with van der Waals surface area (Å²) >= 11 is 1.48. The van der Waals surface area contributed by atoms with Crippen molar-refractivity contribution in [2.75, 3.05) is 5.06 Å². The summed E-state index contributed by atoms with van der Waals surface area (Å²) in [6.45, 7) is 0.200. The molecule has 37 heavy (non-hydrogen) atoms. The number of rotatable bonds is 6. The fourth-order valence-corrected chi connectivity index (χ4v) is 6.04. The van der Waals surface area contributed by atoms with Gasteiger partial charge in [0, 0.05) is 21.9 Å². The van der Waals surface area contributed by atoms with Crippen molar-refractivity contribution < 1.29 is 19.3 Å². The Balaban J connectivity index is 1.36. The van der Waals surface area contributed by atoms with Crippen LogP contribution in [-0.4, -0.2) is 27.7 Å².